The predicted octanol–water partition coefficient (Wildman–Crippen LogP) is 3.86. The molecule has 2 heteroatoms. The summed E-state index contributed by atoms with van der Waals surface area (Å²) in [6.45, 7) is 4.01. The van der Waals surface area contributed by atoms with Crippen molar-refractivity contribution in [3.05, 3.63) is 0 Å². The van der Waals surface area contributed by atoms with E-state index in [1.165, 1.54) is 0 Å². The SMILES string of the molecule is CCC[C@H]1CC(C)CC(F)(F)C1. The van der Waals surface area contributed by atoms with Gasteiger partial charge < -0.3 is 0 Å². The number of halogens is 2. The zero-order chi connectivity index (χ0) is 9.19. The molecule has 0 aliphatic heterocycles. The molecule has 1 aliphatic carbocycles. The van der Waals surface area contributed by atoms with E-state index in [1.807, 2.05) is 6.92 Å². The van der Waals surface area contributed by atoms with Crippen LogP contribution in [0.2, 0.25) is 0 Å². The molecule has 0 heterocycles. The molecular formula is C10H18F2. The van der Waals surface area contributed by atoms with Crippen molar-refractivity contribution >= 4 is 0 Å². The van der Waals surface area contributed by atoms with E-state index >= 15 is 0 Å². The van der Waals surface area contributed by atoms with Crippen LogP contribution in [0.4, 0.5) is 8.78 Å². The maximum atomic E-state index is 13.0. The fourth-order valence-electron chi connectivity index (χ4n) is 2.38. The highest BCUT2D eigenvalue weighted by molar-refractivity contribution is 4.81. The molecule has 1 aliphatic rings. The fourth-order valence-corrected chi connectivity index (χ4v) is 2.38. The molecule has 0 aromatic rings. The van der Waals surface area contributed by atoms with Gasteiger partial charge in [-0.15, -0.1) is 0 Å². The average Bonchev–Trinajstić information content (AvgIpc) is 1.82. The standard InChI is InChI=1S/C10H18F2/c1-3-4-9-5-8(2)6-10(11,12)7-9/h8-9H,3-7H2,1-2H3/t8?,9-/m0/s1. The maximum Gasteiger partial charge on any atom is 0.248 e. The minimum absolute atomic E-state index is 0.104. The summed E-state index contributed by atoms with van der Waals surface area (Å²) in [4.78, 5) is 0. The van der Waals surface area contributed by atoms with Crippen molar-refractivity contribution in [1.82, 2.24) is 0 Å². The molecule has 1 rings (SSSR count). The molecule has 0 nitrogen and oxygen atoms in total. The van der Waals surface area contributed by atoms with Crippen LogP contribution in [0.3, 0.4) is 0 Å². The van der Waals surface area contributed by atoms with E-state index in [9.17, 15) is 8.78 Å². The van der Waals surface area contributed by atoms with Crippen LogP contribution in [0, 0.1) is 11.8 Å². The Labute approximate surface area is 73.3 Å². The Balaban J connectivity index is 2.46. The van der Waals surface area contributed by atoms with Crippen LogP contribution in [0.15, 0.2) is 0 Å². The van der Waals surface area contributed by atoms with Gasteiger partial charge in [-0.3, -0.25) is 0 Å². The minimum atomic E-state index is -2.38. The van der Waals surface area contributed by atoms with Gasteiger partial charge in [0.2, 0.25) is 5.92 Å². The first-order valence-electron chi connectivity index (χ1n) is 4.91. The molecule has 0 radical (unpaired) electrons. The molecule has 0 aromatic carbocycles. The summed E-state index contributed by atoms with van der Waals surface area (Å²) in [6, 6.07) is 0. The number of alkyl halides is 2. The van der Waals surface area contributed by atoms with E-state index in [4.69, 9.17) is 0 Å². The number of hydrogen-bond acceptors (Lipinski definition) is 0. The monoisotopic (exact) mass is 176 g/mol. The van der Waals surface area contributed by atoms with E-state index in [1.54, 1.807) is 0 Å². The minimum Gasteiger partial charge on any atom is -0.207 e. The quantitative estimate of drug-likeness (QED) is 0.599. The van der Waals surface area contributed by atoms with E-state index in [0.717, 1.165) is 19.3 Å². The lowest BCUT2D eigenvalue weighted by atomic mass is 9.78. The molecule has 0 aromatic heterocycles. The molecule has 1 unspecified atom stereocenters. The molecule has 2 atom stereocenters. The predicted molar refractivity (Wildman–Crippen MR) is 46.4 cm³/mol. The first kappa shape index (κ1) is 9.94. The van der Waals surface area contributed by atoms with Gasteiger partial charge in [-0.1, -0.05) is 26.7 Å². The Morgan fingerprint density at radius 1 is 1.33 bits per heavy atom. The molecule has 0 amide bonds. The first-order chi connectivity index (χ1) is 5.53. The van der Waals surface area contributed by atoms with E-state index in [-0.39, 0.29) is 24.7 Å². The molecule has 1 fully saturated rings. The molecule has 12 heavy (non-hydrogen) atoms. The van der Waals surface area contributed by atoms with Gasteiger partial charge >= 0.3 is 0 Å². The van der Waals surface area contributed by atoms with Crippen LogP contribution in [-0.4, -0.2) is 5.92 Å². The van der Waals surface area contributed by atoms with Crippen molar-refractivity contribution < 1.29 is 8.78 Å². The van der Waals surface area contributed by atoms with Gasteiger partial charge in [-0.05, 0) is 18.3 Å². The van der Waals surface area contributed by atoms with E-state index in [0.29, 0.717) is 0 Å². The largest absolute Gasteiger partial charge is 0.248 e. The van der Waals surface area contributed by atoms with Gasteiger partial charge in [0.05, 0.1) is 0 Å². The Morgan fingerprint density at radius 2 is 2.00 bits per heavy atom. The molecule has 0 spiro atoms. The molecular weight excluding hydrogens is 158 g/mol. The summed E-state index contributed by atoms with van der Waals surface area (Å²) < 4.78 is 26.1. The summed E-state index contributed by atoms with van der Waals surface area (Å²) >= 11 is 0. The van der Waals surface area contributed by atoms with Gasteiger partial charge in [0.25, 0.3) is 0 Å². The van der Waals surface area contributed by atoms with Gasteiger partial charge in [-0.2, -0.15) is 0 Å². The van der Waals surface area contributed by atoms with Gasteiger partial charge in [0, 0.05) is 12.8 Å². The van der Waals surface area contributed by atoms with Crippen molar-refractivity contribution in [1.29, 1.82) is 0 Å². The Morgan fingerprint density at radius 3 is 2.50 bits per heavy atom. The van der Waals surface area contributed by atoms with Crippen LogP contribution >= 0.6 is 0 Å². The Hall–Kier alpha value is -0.140. The summed E-state index contributed by atoms with van der Waals surface area (Å²) in [5.41, 5.74) is 0. The zero-order valence-electron chi connectivity index (χ0n) is 7.95. The molecule has 72 valence electrons. The van der Waals surface area contributed by atoms with E-state index in [2.05, 4.69) is 6.92 Å². The highest BCUT2D eigenvalue weighted by Gasteiger charge is 2.38. The van der Waals surface area contributed by atoms with E-state index < -0.39 is 5.92 Å². The van der Waals surface area contributed by atoms with Crippen molar-refractivity contribution in [2.24, 2.45) is 11.8 Å². The molecule has 0 saturated heterocycles. The maximum absolute atomic E-state index is 13.0. The lowest BCUT2D eigenvalue weighted by Gasteiger charge is -2.32. The highest BCUT2D eigenvalue weighted by atomic mass is 19.3. The lowest BCUT2D eigenvalue weighted by Crippen LogP contribution is -2.30. The number of hydrogen-bond donors (Lipinski definition) is 0. The van der Waals surface area contributed by atoms with Crippen LogP contribution in [0.25, 0.3) is 0 Å². The van der Waals surface area contributed by atoms with Gasteiger partial charge in [0.15, 0.2) is 0 Å². The summed E-state index contributed by atoms with van der Waals surface area (Å²) in [6.07, 6.45) is 3.25. The third-order valence-electron chi connectivity index (χ3n) is 2.67. The zero-order valence-corrected chi connectivity index (χ0v) is 7.95. The second kappa shape index (κ2) is 3.71. The number of rotatable bonds is 2. The summed E-state index contributed by atoms with van der Waals surface area (Å²) in [7, 11) is 0. The Bertz CT molecular complexity index is 143. The van der Waals surface area contributed by atoms with Crippen molar-refractivity contribution in [2.45, 2.75) is 51.9 Å². The van der Waals surface area contributed by atoms with Crippen LogP contribution in [0.5, 0.6) is 0 Å². The highest BCUT2D eigenvalue weighted by Crippen LogP contribution is 2.41. The second-order valence-electron chi connectivity index (χ2n) is 4.26. The second-order valence-corrected chi connectivity index (χ2v) is 4.26. The normalized spacial score (nSPS) is 35.0. The first-order valence-corrected chi connectivity index (χ1v) is 4.91. The Kier molecular flexibility index (Phi) is 3.08. The van der Waals surface area contributed by atoms with Crippen molar-refractivity contribution in [3.8, 4) is 0 Å². The average molecular weight is 176 g/mol. The summed E-state index contributed by atoms with van der Waals surface area (Å²) in [5, 5.41) is 0. The van der Waals surface area contributed by atoms with Crippen molar-refractivity contribution in [2.75, 3.05) is 0 Å². The van der Waals surface area contributed by atoms with Gasteiger partial charge in [-0.25, -0.2) is 8.78 Å². The third-order valence-corrected chi connectivity index (χ3v) is 2.67. The topological polar surface area (TPSA) is 0 Å². The fraction of sp³-hybridized carbons (Fsp3) is 1.00. The van der Waals surface area contributed by atoms with Crippen molar-refractivity contribution in [3.63, 3.8) is 0 Å². The third kappa shape index (κ3) is 2.72. The van der Waals surface area contributed by atoms with Crippen LogP contribution in [0.1, 0.15) is 46.0 Å². The van der Waals surface area contributed by atoms with Crippen LogP contribution in [-0.2, 0) is 0 Å². The summed E-state index contributed by atoms with van der Waals surface area (Å²) in [5.74, 6) is -1.89. The lowest BCUT2D eigenvalue weighted by molar-refractivity contribution is -0.0704. The smallest absolute Gasteiger partial charge is 0.207 e. The van der Waals surface area contributed by atoms with Crippen LogP contribution < -0.4 is 0 Å². The molecule has 0 N–H and O–H groups in total. The van der Waals surface area contributed by atoms with Gasteiger partial charge in [0.1, 0.15) is 0 Å². The molecule has 1 saturated carbocycles. The molecule has 0 bridgehead atoms.